The van der Waals surface area contributed by atoms with Gasteiger partial charge in [-0.25, -0.2) is 0 Å². The van der Waals surface area contributed by atoms with Gasteiger partial charge in [0, 0.05) is 6.04 Å². The summed E-state index contributed by atoms with van der Waals surface area (Å²) in [5.74, 6) is 0.691. The van der Waals surface area contributed by atoms with Crippen LogP contribution in [0.3, 0.4) is 0 Å². The first-order chi connectivity index (χ1) is 8.84. The Bertz CT molecular complexity index is 447. The molecular formula is C13H23N5O. The predicted molar refractivity (Wildman–Crippen MR) is 75.0 cm³/mol. The molecular weight excluding hydrogens is 242 g/mol. The van der Waals surface area contributed by atoms with Gasteiger partial charge in [-0.1, -0.05) is 13.8 Å². The fourth-order valence-electron chi connectivity index (χ4n) is 2.44. The van der Waals surface area contributed by atoms with E-state index >= 15 is 0 Å². The molecule has 6 heteroatoms. The van der Waals surface area contributed by atoms with Crippen LogP contribution in [-0.4, -0.2) is 27.1 Å². The highest BCUT2D eigenvalue weighted by Gasteiger charge is 2.31. The normalized spacial score (nSPS) is 21.6. The number of nitrogens with zero attached hydrogens (tertiary/aromatic N) is 3. The summed E-state index contributed by atoms with van der Waals surface area (Å²) in [7, 11) is 0. The highest BCUT2D eigenvalue weighted by atomic mass is 16.5. The zero-order valence-corrected chi connectivity index (χ0v) is 12.1. The second-order valence-corrected chi connectivity index (χ2v) is 6.21. The van der Waals surface area contributed by atoms with Gasteiger partial charge in [-0.3, -0.25) is 0 Å². The van der Waals surface area contributed by atoms with E-state index in [1.807, 2.05) is 13.8 Å². The van der Waals surface area contributed by atoms with Gasteiger partial charge in [0.2, 0.25) is 11.9 Å². The largest absolute Gasteiger partial charge is 0.461 e. The van der Waals surface area contributed by atoms with Crippen LogP contribution in [0, 0.1) is 5.41 Å². The lowest BCUT2D eigenvalue weighted by atomic mass is 9.92. The third kappa shape index (κ3) is 3.94. The average Bonchev–Trinajstić information content (AvgIpc) is 2.55. The molecule has 1 aromatic rings. The first-order valence-electron chi connectivity index (χ1n) is 6.79. The Morgan fingerprint density at radius 3 is 2.63 bits per heavy atom. The summed E-state index contributed by atoms with van der Waals surface area (Å²) in [5.41, 5.74) is 6.06. The molecule has 106 valence electrons. The van der Waals surface area contributed by atoms with E-state index in [1.165, 1.54) is 6.42 Å². The molecule has 1 aromatic heterocycles. The van der Waals surface area contributed by atoms with Crippen LogP contribution in [0.1, 0.15) is 47.0 Å². The molecule has 0 aliphatic heterocycles. The number of hydrogen-bond donors (Lipinski definition) is 2. The van der Waals surface area contributed by atoms with Gasteiger partial charge in [0.25, 0.3) is 0 Å². The van der Waals surface area contributed by atoms with E-state index < -0.39 is 0 Å². The van der Waals surface area contributed by atoms with Gasteiger partial charge in [-0.2, -0.15) is 15.0 Å². The van der Waals surface area contributed by atoms with Crippen LogP contribution >= 0.6 is 0 Å². The smallest absolute Gasteiger partial charge is 0.323 e. The molecule has 2 rings (SSSR count). The first kappa shape index (κ1) is 13.8. The quantitative estimate of drug-likeness (QED) is 0.868. The number of anilines is 2. The van der Waals surface area contributed by atoms with Crippen molar-refractivity contribution in [2.75, 3.05) is 11.1 Å². The predicted octanol–water partition coefficient (Wildman–Crippen LogP) is 2.23. The molecule has 19 heavy (non-hydrogen) atoms. The van der Waals surface area contributed by atoms with E-state index in [-0.39, 0.29) is 18.1 Å². The molecule has 1 aliphatic rings. The number of nitrogen functional groups attached to an aromatic ring is 1. The van der Waals surface area contributed by atoms with Gasteiger partial charge in [0.15, 0.2) is 0 Å². The van der Waals surface area contributed by atoms with Gasteiger partial charge in [0.1, 0.15) is 0 Å². The second-order valence-electron chi connectivity index (χ2n) is 6.21. The Hall–Kier alpha value is -1.59. The summed E-state index contributed by atoms with van der Waals surface area (Å²) in [6.45, 7) is 8.41. The molecule has 1 saturated carbocycles. The van der Waals surface area contributed by atoms with E-state index in [1.54, 1.807) is 0 Å². The second kappa shape index (κ2) is 5.19. The van der Waals surface area contributed by atoms with Crippen LogP contribution in [0.15, 0.2) is 0 Å². The molecule has 0 bridgehead atoms. The fourth-order valence-corrected chi connectivity index (χ4v) is 2.44. The Balaban J connectivity index is 2.06. The lowest BCUT2D eigenvalue weighted by Gasteiger charge is -2.18. The zero-order chi connectivity index (χ0) is 14.0. The van der Waals surface area contributed by atoms with Crippen molar-refractivity contribution in [1.82, 2.24) is 15.0 Å². The van der Waals surface area contributed by atoms with Gasteiger partial charge < -0.3 is 15.8 Å². The molecule has 1 unspecified atom stereocenters. The molecule has 1 heterocycles. The van der Waals surface area contributed by atoms with Crippen LogP contribution in [0.2, 0.25) is 0 Å². The summed E-state index contributed by atoms with van der Waals surface area (Å²) in [4.78, 5) is 12.3. The lowest BCUT2D eigenvalue weighted by Crippen LogP contribution is -2.20. The van der Waals surface area contributed by atoms with E-state index in [0.717, 1.165) is 12.8 Å². The number of nitrogens with two attached hydrogens (primary N) is 1. The number of hydrogen-bond acceptors (Lipinski definition) is 6. The minimum atomic E-state index is 0.0139. The maximum atomic E-state index is 5.68. The van der Waals surface area contributed by atoms with E-state index in [2.05, 4.69) is 34.1 Å². The highest BCUT2D eigenvalue weighted by molar-refractivity contribution is 5.34. The summed E-state index contributed by atoms with van der Waals surface area (Å²) in [6, 6.07) is 0.672. The first-order valence-corrected chi connectivity index (χ1v) is 6.79. The summed E-state index contributed by atoms with van der Waals surface area (Å²) < 4.78 is 5.46. The van der Waals surface area contributed by atoms with Gasteiger partial charge >= 0.3 is 6.01 Å². The molecule has 0 radical (unpaired) electrons. The average molecular weight is 265 g/mol. The molecule has 3 N–H and O–H groups in total. The van der Waals surface area contributed by atoms with Crippen molar-refractivity contribution in [2.45, 2.75) is 59.1 Å². The van der Waals surface area contributed by atoms with Crippen molar-refractivity contribution in [3.8, 4) is 6.01 Å². The molecule has 0 saturated heterocycles. The highest BCUT2D eigenvalue weighted by Crippen LogP contribution is 2.38. The molecule has 0 aromatic carbocycles. The standard InChI is InChI=1S/C13H23N5O/c1-8(2)19-12-17-10(14)16-11(18-12)15-9-5-6-13(3,4)7-9/h8-9H,5-7H2,1-4H3,(H3,14,15,16,17,18). The Morgan fingerprint density at radius 2 is 2.05 bits per heavy atom. The van der Waals surface area contributed by atoms with Gasteiger partial charge in [-0.05, 0) is 38.5 Å². The summed E-state index contributed by atoms with van der Waals surface area (Å²) >= 11 is 0. The van der Waals surface area contributed by atoms with Crippen molar-refractivity contribution >= 4 is 11.9 Å². The maximum absolute atomic E-state index is 5.68. The Morgan fingerprint density at radius 1 is 1.32 bits per heavy atom. The van der Waals surface area contributed by atoms with E-state index in [0.29, 0.717) is 17.4 Å². The fraction of sp³-hybridized carbons (Fsp3) is 0.769. The molecule has 6 nitrogen and oxygen atoms in total. The van der Waals surface area contributed by atoms with Crippen LogP contribution in [0.4, 0.5) is 11.9 Å². The number of nitrogens with one attached hydrogen (secondary N) is 1. The van der Waals surface area contributed by atoms with E-state index in [4.69, 9.17) is 10.5 Å². The molecule has 0 amide bonds. The third-order valence-electron chi connectivity index (χ3n) is 3.28. The van der Waals surface area contributed by atoms with Crippen molar-refractivity contribution in [3.63, 3.8) is 0 Å². The minimum Gasteiger partial charge on any atom is -0.461 e. The van der Waals surface area contributed by atoms with Crippen molar-refractivity contribution in [2.24, 2.45) is 5.41 Å². The summed E-state index contributed by atoms with van der Waals surface area (Å²) in [5, 5.41) is 3.33. The van der Waals surface area contributed by atoms with E-state index in [9.17, 15) is 0 Å². The SMILES string of the molecule is CC(C)Oc1nc(N)nc(NC2CCC(C)(C)C2)n1. The van der Waals surface area contributed by atoms with Crippen molar-refractivity contribution in [1.29, 1.82) is 0 Å². The summed E-state index contributed by atoms with van der Waals surface area (Å²) in [6.07, 6.45) is 3.46. The molecule has 1 aliphatic carbocycles. The van der Waals surface area contributed by atoms with Crippen LogP contribution in [0.5, 0.6) is 6.01 Å². The molecule has 1 fully saturated rings. The van der Waals surface area contributed by atoms with Crippen LogP contribution in [0.25, 0.3) is 0 Å². The maximum Gasteiger partial charge on any atom is 0.323 e. The van der Waals surface area contributed by atoms with Crippen LogP contribution in [-0.2, 0) is 0 Å². The van der Waals surface area contributed by atoms with Crippen molar-refractivity contribution < 1.29 is 4.74 Å². The van der Waals surface area contributed by atoms with Crippen molar-refractivity contribution in [3.05, 3.63) is 0 Å². The minimum absolute atomic E-state index is 0.0139. The Labute approximate surface area is 114 Å². The third-order valence-corrected chi connectivity index (χ3v) is 3.28. The van der Waals surface area contributed by atoms with Crippen LogP contribution < -0.4 is 15.8 Å². The number of aromatic nitrogens is 3. The zero-order valence-electron chi connectivity index (χ0n) is 12.1. The Kier molecular flexibility index (Phi) is 3.78. The lowest BCUT2D eigenvalue weighted by molar-refractivity contribution is 0.222. The topological polar surface area (TPSA) is 86.0 Å². The monoisotopic (exact) mass is 265 g/mol. The molecule has 0 spiro atoms. The molecule has 1 atom stereocenters. The number of ether oxygens (including phenoxy) is 1. The van der Waals surface area contributed by atoms with Gasteiger partial charge in [-0.15, -0.1) is 0 Å². The van der Waals surface area contributed by atoms with Gasteiger partial charge in [0.05, 0.1) is 6.10 Å². The number of rotatable bonds is 4.